The standard InChI is InChI=1S/C16H13Cl2N3O/c1-10-12(17)7-4-8-14(10)19-9-15-20-21-16(22-15)11-5-2-3-6-13(11)18/h2-8,19H,9H2,1H3. The van der Waals surface area contributed by atoms with E-state index in [4.69, 9.17) is 27.6 Å². The summed E-state index contributed by atoms with van der Waals surface area (Å²) in [5.74, 6) is 0.888. The summed E-state index contributed by atoms with van der Waals surface area (Å²) in [7, 11) is 0. The van der Waals surface area contributed by atoms with E-state index in [0.717, 1.165) is 16.8 Å². The summed E-state index contributed by atoms with van der Waals surface area (Å²) in [6.07, 6.45) is 0. The average molecular weight is 334 g/mol. The molecular weight excluding hydrogens is 321 g/mol. The SMILES string of the molecule is Cc1c(Cl)cccc1NCc1nnc(-c2ccccc2Cl)o1. The highest BCUT2D eigenvalue weighted by atomic mass is 35.5. The summed E-state index contributed by atoms with van der Waals surface area (Å²) >= 11 is 12.2. The van der Waals surface area contributed by atoms with Crippen LogP contribution in [0.2, 0.25) is 10.0 Å². The van der Waals surface area contributed by atoms with Gasteiger partial charge >= 0.3 is 0 Å². The van der Waals surface area contributed by atoms with Crippen LogP contribution >= 0.6 is 23.2 Å². The van der Waals surface area contributed by atoms with Gasteiger partial charge in [-0.05, 0) is 36.8 Å². The van der Waals surface area contributed by atoms with Crippen molar-refractivity contribution in [3.8, 4) is 11.5 Å². The van der Waals surface area contributed by atoms with E-state index in [9.17, 15) is 0 Å². The summed E-state index contributed by atoms with van der Waals surface area (Å²) < 4.78 is 5.64. The van der Waals surface area contributed by atoms with Crippen LogP contribution in [0.4, 0.5) is 5.69 Å². The van der Waals surface area contributed by atoms with E-state index in [-0.39, 0.29) is 0 Å². The minimum Gasteiger partial charge on any atom is -0.419 e. The van der Waals surface area contributed by atoms with E-state index in [1.165, 1.54) is 0 Å². The summed E-state index contributed by atoms with van der Waals surface area (Å²) in [6, 6.07) is 13.0. The summed E-state index contributed by atoms with van der Waals surface area (Å²) in [5, 5.41) is 12.6. The van der Waals surface area contributed by atoms with Gasteiger partial charge in [-0.15, -0.1) is 10.2 Å². The van der Waals surface area contributed by atoms with Crippen LogP contribution < -0.4 is 5.32 Å². The number of aromatic nitrogens is 2. The molecule has 3 aromatic rings. The van der Waals surface area contributed by atoms with E-state index >= 15 is 0 Å². The van der Waals surface area contributed by atoms with E-state index in [2.05, 4.69) is 15.5 Å². The predicted molar refractivity (Wildman–Crippen MR) is 88.3 cm³/mol. The minimum atomic E-state index is 0.408. The molecule has 22 heavy (non-hydrogen) atoms. The van der Waals surface area contributed by atoms with Gasteiger partial charge in [-0.3, -0.25) is 0 Å². The summed E-state index contributed by atoms with van der Waals surface area (Å²) in [6.45, 7) is 2.37. The van der Waals surface area contributed by atoms with Crippen molar-refractivity contribution >= 4 is 28.9 Å². The number of nitrogens with one attached hydrogen (secondary N) is 1. The van der Waals surface area contributed by atoms with E-state index in [1.807, 2.05) is 43.3 Å². The number of hydrogen-bond donors (Lipinski definition) is 1. The largest absolute Gasteiger partial charge is 0.419 e. The quantitative estimate of drug-likeness (QED) is 0.732. The van der Waals surface area contributed by atoms with Crippen LogP contribution in [0.1, 0.15) is 11.5 Å². The highest BCUT2D eigenvalue weighted by molar-refractivity contribution is 6.33. The fourth-order valence-electron chi connectivity index (χ4n) is 2.04. The van der Waals surface area contributed by atoms with Crippen LogP contribution in [0.3, 0.4) is 0 Å². The lowest BCUT2D eigenvalue weighted by molar-refractivity contribution is 0.515. The van der Waals surface area contributed by atoms with Gasteiger partial charge in [0.15, 0.2) is 0 Å². The molecule has 1 aromatic heterocycles. The Bertz CT molecular complexity index is 802. The molecule has 0 aliphatic rings. The molecular formula is C16H13Cl2N3O. The molecule has 112 valence electrons. The molecule has 1 N–H and O–H groups in total. The molecule has 2 aromatic carbocycles. The Morgan fingerprint density at radius 2 is 1.77 bits per heavy atom. The molecule has 0 amide bonds. The van der Waals surface area contributed by atoms with Crippen LogP contribution in [-0.4, -0.2) is 10.2 Å². The fourth-order valence-corrected chi connectivity index (χ4v) is 2.43. The van der Waals surface area contributed by atoms with Crippen LogP contribution in [0, 0.1) is 6.92 Å². The molecule has 0 unspecified atom stereocenters. The lowest BCUT2D eigenvalue weighted by Crippen LogP contribution is -2.01. The summed E-state index contributed by atoms with van der Waals surface area (Å²) in [5.41, 5.74) is 2.64. The number of halogens is 2. The Morgan fingerprint density at radius 3 is 2.59 bits per heavy atom. The zero-order valence-electron chi connectivity index (χ0n) is 11.8. The molecule has 0 spiro atoms. The average Bonchev–Trinajstić information content (AvgIpc) is 2.98. The second kappa shape index (κ2) is 6.38. The van der Waals surface area contributed by atoms with Gasteiger partial charge in [-0.25, -0.2) is 0 Å². The lowest BCUT2D eigenvalue weighted by Gasteiger charge is -2.08. The van der Waals surface area contributed by atoms with Crippen LogP contribution in [0.15, 0.2) is 46.9 Å². The predicted octanol–water partition coefficient (Wildman–Crippen LogP) is 4.96. The van der Waals surface area contributed by atoms with Crippen molar-refractivity contribution in [1.82, 2.24) is 10.2 Å². The maximum absolute atomic E-state index is 6.12. The van der Waals surface area contributed by atoms with Crippen molar-refractivity contribution in [2.75, 3.05) is 5.32 Å². The second-order valence-corrected chi connectivity index (χ2v) is 5.56. The molecule has 0 fully saturated rings. The topological polar surface area (TPSA) is 51.0 Å². The van der Waals surface area contributed by atoms with Gasteiger partial charge in [-0.2, -0.15) is 0 Å². The number of hydrogen-bond acceptors (Lipinski definition) is 4. The number of nitrogens with zero attached hydrogens (tertiary/aromatic N) is 2. The van der Waals surface area contributed by atoms with E-state index in [0.29, 0.717) is 28.4 Å². The molecule has 0 atom stereocenters. The fraction of sp³-hybridized carbons (Fsp3) is 0.125. The number of rotatable bonds is 4. The Kier molecular flexibility index (Phi) is 4.32. The Balaban J connectivity index is 1.75. The summed E-state index contributed by atoms with van der Waals surface area (Å²) in [4.78, 5) is 0. The molecule has 0 saturated carbocycles. The molecule has 0 aliphatic heterocycles. The molecule has 0 radical (unpaired) electrons. The van der Waals surface area contributed by atoms with Crippen LogP contribution in [-0.2, 0) is 6.54 Å². The molecule has 6 heteroatoms. The number of anilines is 1. The smallest absolute Gasteiger partial charge is 0.249 e. The first-order chi connectivity index (χ1) is 10.6. The van der Waals surface area contributed by atoms with Crippen LogP contribution in [0.25, 0.3) is 11.5 Å². The van der Waals surface area contributed by atoms with Crippen molar-refractivity contribution in [2.45, 2.75) is 13.5 Å². The highest BCUT2D eigenvalue weighted by Crippen LogP contribution is 2.27. The van der Waals surface area contributed by atoms with Crippen molar-refractivity contribution in [3.63, 3.8) is 0 Å². The van der Waals surface area contributed by atoms with Gasteiger partial charge in [0.1, 0.15) is 0 Å². The van der Waals surface area contributed by atoms with Gasteiger partial charge < -0.3 is 9.73 Å². The van der Waals surface area contributed by atoms with Crippen LogP contribution in [0.5, 0.6) is 0 Å². The first-order valence-corrected chi connectivity index (χ1v) is 7.47. The van der Waals surface area contributed by atoms with Gasteiger partial charge in [0, 0.05) is 10.7 Å². The molecule has 3 rings (SSSR count). The van der Waals surface area contributed by atoms with Crippen molar-refractivity contribution in [3.05, 3.63) is 64.0 Å². The monoisotopic (exact) mass is 333 g/mol. The maximum atomic E-state index is 6.12. The Morgan fingerprint density at radius 1 is 1.00 bits per heavy atom. The third kappa shape index (κ3) is 3.08. The molecule has 4 nitrogen and oxygen atoms in total. The third-order valence-electron chi connectivity index (χ3n) is 3.27. The van der Waals surface area contributed by atoms with Gasteiger partial charge in [0.05, 0.1) is 17.1 Å². The minimum absolute atomic E-state index is 0.408. The van der Waals surface area contributed by atoms with Gasteiger partial charge in [0.25, 0.3) is 0 Å². The highest BCUT2D eigenvalue weighted by Gasteiger charge is 2.11. The van der Waals surface area contributed by atoms with Crippen molar-refractivity contribution in [2.24, 2.45) is 0 Å². The van der Waals surface area contributed by atoms with E-state index < -0.39 is 0 Å². The lowest BCUT2D eigenvalue weighted by atomic mass is 10.2. The first-order valence-electron chi connectivity index (χ1n) is 6.71. The molecule has 0 bridgehead atoms. The Labute approximate surface area is 138 Å². The van der Waals surface area contributed by atoms with Crippen molar-refractivity contribution < 1.29 is 4.42 Å². The first kappa shape index (κ1) is 14.9. The van der Waals surface area contributed by atoms with Crippen molar-refractivity contribution in [1.29, 1.82) is 0 Å². The maximum Gasteiger partial charge on any atom is 0.249 e. The zero-order valence-corrected chi connectivity index (χ0v) is 13.3. The third-order valence-corrected chi connectivity index (χ3v) is 4.01. The Hall–Kier alpha value is -2.04. The molecule has 0 aliphatic carbocycles. The zero-order chi connectivity index (χ0) is 15.5. The van der Waals surface area contributed by atoms with Gasteiger partial charge in [0.2, 0.25) is 11.8 Å². The molecule has 1 heterocycles. The van der Waals surface area contributed by atoms with E-state index in [1.54, 1.807) is 6.07 Å². The second-order valence-electron chi connectivity index (χ2n) is 4.75. The normalized spacial score (nSPS) is 10.7. The molecule has 0 saturated heterocycles. The van der Waals surface area contributed by atoms with Gasteiger partial charge in [-0.1, -0.05) is 41.4 Å². The number of benzene rings is 2.